The van der Waals surface area contributed by atoms with E-state index in [1.165, 1.54) is 24.2 Å². The molecule has 1 amide bonds. The van der Waals surface area contributed by atoms with Crippen LogP contribution in [0.15, 0.2) is 22.7 Å². The van der Waals surface area contributed by atoms with Crippen LogP contribution in [0.2, 0.25) is 0 Å². The fraction of sp³-hybridized carbons (Fsp3) is 0.400. The predicted octanol–water partition coefficient (Wildman–Crippen LogP) is 2.09. The van der Waals surface area contributed by atoms with Gasteiger partial charge in [-0.1, -0.05) is 11.8 Å². The Morgan fingerprint density at radius 3 is 3.12 bits per heavy atom. The number of hydrogen-bond donors (Lipinski definition) is 1. The lowest BCUT2D eigenvalue weighted by molar-refractivity contribution is -0.125. The molecule has 0 aromatic carbocycles. The maximum absolute atomic E-state index is 11.9. The van der Waals surface area contributed by atoms with Gasteiger partial charge in [-0.25, -0.2) is 4.98 Å². The molecule has 0 unspecified atom stereocenters. The normalized spacial score (nSPS) is 23.1. The molecule has 1 aromatic heterocycles. The maximum Gasteiger partial charge on any atom is 0.262 e. The van der Waals surface area contributed by atoms with Crippen molar-refractivity contribution in [2.24, 2.45) is 0 Å². The Balaban J connectivity index is 1.66. The van der Waals surface area contributed by atoms with Gasteiger partial charge in [0.2, 0.25) is 0 Å². The number of carbonyl (C=O) groups is 1. The zero-order chi connectivity index (χ0) is 11.0. The Bertz CT molecular complexity index is 425. The van der Waals surface area contributed by atoms with Gasteiger partial charge in [-0.2, -0.15) is 0 Å². The molecule has 0 bridgehead atoms. The lowest BCUT2D eigenvalue weighted by Gasteiger charge is -2.11. The standard InChI is InChI=1S/C10H11N3OS2/c14-9-8(5-12-10-11-3-4-15-10)16-6-13(9)7-1-2-7/h3-5,7H,1-2,6H2,(H,11,12). The van der Waals surface area contributed by atoms with Gasteiger partial charge in [-0.05, 0) is 12.8 Å². The fourth-order valence-electron chi connectivity index (χ4n) is 1.58. The summed E-state index contributed by atoms with van der Waals surface area (Å²) in [6, 6.07) is 0.505. The number of thiazole rings is 1. The first-order valence-electron chi connectivity index (χ1n) is 5.14. The average Bonchev–Trinajstić information content (AvgIpc) is 2.87. The van der Waals surface area contributed by atoms with Crippen molar-refractivity contribution in [2.75, 3.05) is 11.2 Å². The monoisotopic (exact) mass is 253 g/mol. The summed E-state index contributed by atoms with van der Waals surface area (Å²) >= 11 is 3.13. The van der Waals surface area contributed by atoms with Crippen LogP contribution >= 0.6 is 23.1 Å². The van der Waals surface area contributed by atoms with E-state index in [9.17, 15) is 4.79 Å². The Hall–Kier alpha value is -1.01. The van der Waals surface area contributed by atoms with Crippen molar-refractivity contribution in [3.05, 3.63) is 22.7 Å². The van der Waals surface area contributed by atoms with E-state index in [1.807, 2.05) is 10.3 Å². The second-order valence-electron chi connectivity index (χ2n) is 3.77. The van der Waals surface area contributed by atoms with Crippen molar-refractivity contribution >= 4 is 34.1 Å². The fourth-order valence-corrected chi connectivity index (χ4v) is 3.07. The lowest BCUT2D eigenvalue weighted by Crippen LogP contribution is -2.27. The predicted molar refractivity (Wildman–Crippen MR) is 66.1 cm³/mol. The molecule has 4 nitrogen and oxygen atoms in total. The van der Waals surface area contributed by atoms with Crippen molar-refractivity contribution in [3.63, 3.8) is 0 Å². The van der Waals surface area contributed by atoms with Crippen LogP contribution in [0.4, 0.5) is 5.13 Å². The van der Waals surface area contributed by atoms with E-state index in [0.717, 1.165) is 15.9 Å². The second kappa shape index (κ2) is 4.10. The van der Waals surface area contributed by atoms with Crippen LogP contribution < -0.4 is 5.32 Å². The van der Waals surface area contributed by atoms with Crippen LogP contribution in [0.1, 0.15) is 12.8 Å². The molecular weight excluding hydrogens is 242 g/mol. The quantitative estimate of drug-likeness (QED) is 0.838. The first-order chi connectivity index (χ1) is 7.84. The first-order valence-corrected chi connectivity index (χ1v) is 7.01. The summed E-state index contributed by atoms with van der Waals surface area (Å²) < 4.78 is 0. The highest BCUT2D eigenvalue weighted by molar-refractivity contribution is 8.04. The molecule has 1 aliphatic heterocycles. The minimum absolute atomic E-state index is 0.163. The van der Waals surface area contributed by atoms with E-state index in [-0.39, 0.29) is 5.91 Å². The molecule has 0 radical (unpaired) electrons. The Morgan fingerprint density at radius 2 is 2.44 bits per heavy atom. The molecule has 1 saturated heterocycles. The van der Waals surface area contributed by atoms with E-state index in [4.69, 9.17) is 0 Å². The largest absolute Gasteiger partial charge is 0.337 e. The van der Waals surface area contributed by atoms with E-state index >= 15 is 0 Å². The minimum atomic E-state index is 0.163. The summed E-state index contributed by atoms with van der Waals surface area (Å²) in [6.45, 7) is 0. The molecule has 2 aliphatic rings. The van der Waals surface area contributed by atoms with Gasteiger partial charge in [-0.15, -0.1) is 11.3 Å². The summed E-state index contributed by atoms with van der Waals surface area (Å²) in [5.74, 6) is 0.964. The summed E-state index contributed by atoms with van der Waals surface area (Å²) in [5, 5.41) is 5.78. The highest BCUT2D eigenvalue weighted by Gasteiger charge is 2.38. The maximum atomic E-state index is 11.9. The summed E-state index contributed by atoms with van der Waals surface area (Å²) in [6.07, 6.45) is 5.85. The van der Waals surface area contributed by atoms with Crippen LogP contribution in [-0.4, -0.2) is 27.7 Å². The van der Waals surface area contributed by atoms with Gasteiger partial charge in [0.1, 0.15) is 0 Å². The topological polar surface area (TPSA) is 45.2 Å². The molecule has 1 aromatic rings. The molecule has 2 heterocycles. The molecule has 2 fully saturated rings. The number of aromatic nitrogens is 1. The zero-order valence-corrected chi connectivity index (χ0v) is 10.2. The smallest absolute Gasteiger partial charge is 0.262 e. The number of nitrogens with zero attached hydrogens (tertiary/aromatic N) is 2. The van der Waals surface area contributed by atoms with E-state index in [0.29, 0.717) is 6.04 Å². The molecule has 1 saturated carbocycles. The van der Waals surface area contributed by atoms with Crippen LogP contribution in [0, 0.1) is 0 Å². The molecule has 0 atom stereocenters. The first kappa shape index (κ1) is 10.2. The third-order valence-electron chi connectivity index (χ3n) is 2.58. The molecule has 3 rings (SSSR count). The highest BCUT2D eigenvalue weighted by Crippen LogP contribution is 2.37. The summed E-state index contributed by atoms with van der Waals surface area (Å²) in [4.78, 5) is 18.8. The van der Waals surface area contributed by atoms with Crippen molar-refractivity contribution in [1.82, 2.24) is 9.88 Å². The molecular formula is C10H11N3OS2. The molecule has 1 N–H and O–H groups in total. The zero-order valence-electron chi connectivity index (χ0n) is 8.55. The summed E-state index contributed by atoms with van der Waals surface area (Å²) in [5.41, 5.74) is 0. The van der Waals surface area contributed by atoms with Gasteiger partial charge in [0, 0.05) is 23.8 Å². The van der Waals surface area contributed by atoms with Gasteiger partial charge in [0.15, 0.2) is 5.13 Å². The average molecular weight is 253 g/mol. The number of thioether (sulfide) groups is 1. The van der Waals surface area contributed by atoms with Gasteiger partial charge in [0.25, 0.3) is 5.91 Å². The molecule has 16 heavy (non-hydrogen) atoms. The van der Waals surface area contributed by atoms with Crippen LogP contribution in [-0.2, 0) is 4.79 Å². The van der Waals surface area contributed by atoms with Crippen molar-refractivity contribution in [1.29, 1.82) is 0 Å². The number of rotatable bonds is 3. The number of anilines is 1. The second-order valence-corrected chi connectivity index (χ2v) is 5.65. The Kier molecular flexibility index (Phi) is 2.61. The Morgan fingerprint density at radius 1 is 1.56 bits per heavy atom. The number of nitrogens with one attached hydrogen (secondary N) is 1. The molecule has 1 aliphatic carbocycles. The molecule has 0 spiro atoms. The van der Waals surface area contributed by atoms with Crippen molar-refractivity contribution in [3.8, 4) is 0 Å². The summed E-state index contributed by atoms with van der Waals surface area (Å²) in [7, 11) is 0. The Labute approximate surface area is 102 Å². The number of hydrogen-bond acceptors (Lipinski definition) is 5. The van der Waals surface area contributed by atoms with Crippen LogP contribution in [0.5, 0.6) is 0 Å². The van der Waals surface area contributed by atoms with E-state index in [1.54, 1.807) is 24.2 Å². The molecule has 84 valence electrons. The van der Waals surface area contributed by atoms with Gasteiger partial charge in [-0.3, -0.25) is 4.79 Å². The number of carbonyl (C=O) groups excluding carboxylic acids is 1. The number of amides is 1. The third kappa shape index (κ3) is 1.94. The van der Waals surface area contributed by atoms with Crippen molar-refractivity contribution in [2.45, 2.75) is 18.9 Å². The minimum Gasteiger partial charge on any atom is -0.337 e. The molecule has 6 heteroatoms. The van der Waals surface area contributed by atoms with Gasteiger partial charge < -0.3 is 10.2 Å². The highest BCUT2D eigenvalue weighted by atomic mass is 32.2. The SMILES string of the molecule is O=C1C(=CNc2nccs2)SCN1C1CC1. The van der Waals surface area contributed by atoms with Crippen molar-refractivity contribution < 1.29 is 4.79 Å². The third-order valence-corrected chi connectivity index (χ3v) is 4.29. The van der Waals surface area contributed by atoms with E-state index in [2.05, 4.69) is 10.3 Å². The van der Waals surface area contributed by atoms with E-state index < -0.39 is 0 Å². The van der Waals surface area contributed by atoms with Crippen LogP contribution in [0.3, 0.4) is 0 Å². The lowest BCUT2D eigenvalue weighted by atomic mass is 10.4. The van der Waals surface area contributed by atoms with Gasteiger partial charge >= 0.3 is 0 Å². The van der Waals surface area contributed by atoms with Crippen LogP contribution in [0.25, 0.3) is 0 Å². The van der Waals surface area contributed by atoms with Gasteiger partial charge in [0.05, 0.1) is 10.8 Å².